The molecule has 25 heteroatoms. The van der Waals surface area contributed by atoms with Crippen molar-refractivity contribution in [1.29, 1.82) is 5.41 Å². The maximum absolute atomic E-state index is 14.7. The molecule has 1 aliphatic carbocycles. The molecule has 0 aromatic heterocycles. The number of nitrogens with zero attached hydrogens (tertiary/aromatic N) is 2. The quantitative estimate of drug-likeness (QED) is 0.0171. The molecule has 0 spiro atoms. The summed E-state index contributed by atoms with van der Waals surface area (Å²) in [6.45, 7) is -2.29. The van der Waals surface area contributed by atoms with Crippen molar-refractivity contribution in [1.82, 2.24) is 0 Å². The van der Waals surface area contributed by atoms with Gasteiger partial charge in [0, 0.05) is 22.6 Å². The van der Waals surface area contributed by atoms with E-state index >= 15 is 0 Å². The van der Waals surface area contributed by atoms with Crippen LogP contribution in [-0.4, -0.2) is 124 Å². The monoisotopic (exact) mass is 1020 g/mol. The van der Waals surface area contributed by atoms with Crippen LogP contribution in [0.1, 0.15) is 10.4 Å². The van der Waals surface area contributed by atoms with Crippen LogP contribution in [0, 0.1) is 5.41 Å². The third kappa shape index (κ3) is 11.7. The van der Waals surface area contributed by atoms with Gasteiger partial charge >= 0.3 is 29.8 Å². The lowest BCUT2D eigenvalue weighted by Crippen LogP contribution is -2.36. The second-order valence-corrected chi connectivity index (χ2v) is 17.9. The van der Waals surface area contributed by atoms with Gasteiger partial charge in [0.05, 0.1) is 62.1 Å². The van der Waals surface area contributed by atoms with Crippen LogP contribution in [-0.2, 0) is 58.3 Å². The highest BCUT2D eigenvalue weighted by molar-refractivity contribution is 7.92. The van der Waals surface area contributed by atoms with Crippen LogP contribution in [0.4, 0.5) is 22.7 Å². The number of nitrogen functional groups attached to an aromatic ring is 1. The second-order valence-electron chi connectivity index (χ2n) is 15.0. The molecular weight excluding hydrogens is 975 g/mol. The Labute approximate surface area is 404 Å². The number of fused-ring (bicyclic) bond motifs is 2. The Bertz CT molecular complexity index is 3270. The third-order valence-corrected chi connectivity index (χ3v) is 12.9. The first-order chi connectivity index (χ1) is 33.7. The van der Waals surface area contributed by atoms with Crippen LogP contribution in [0.2, 0.25) is 0 Å². The molecule has 71 heavy (non-hydrogen) atoms. The number of carboxylic acid groups (broad SMARTS) is 1. The van der Waals surface area contributed by atoms with E-state index in [4.69, 9.17) is 44.0 Å². The summed E-state index contributed by atoms with van der Waals surface area (Å²) in [5.74, 6) is -4.87. The predicted molar refractivity (Wildman–Crippen MR) is 252 cm³/mol. The normalized spacial score (nSPS) is 11.3. The number of sulfonamides is 1. The van der Waals surface area contributed by atoms with Crippen molar-refractivity contribution in [3.63, 3.8) is 0 Å². The number of rotatable bonds is 21. The minimum Gasteiger partial charge on any atom is -0.488 e. The summed E-state index contributed by atoms with van der Waals surface area (Å²) in [5, 5.41) is 18.3. The Morgan fingerprint density at radius 2 is 1.20 bits per heavy atom. The topological polar surface area (TPSA) is 331 Å². The van der Waals surface area contributed by atoms with Crippen LogP contribution >= 0.6 is 0 Å². The first kappa shape index (κ1) is 52.0. The summed E-state index contributed by atoms with van der Waals surface area (Å²) in [6.07, 6.45) is 0. The van der Waals surface area contributed by atoms with Gasteiger partial charge in [-0.05, 0) is 60.2 Å². The summed E-state index contributed by atoms with van der Waals surface area (Å²) in [7, 11) is -5.62. The standard InChI is InChI=1S/C46H45N5O18S2/c1-63-37(52)22-50(23-38(53)64-2)33-11-7-8-12-35(33)67-19-20-68-36-21-26(13-18-34(36)51(24-39(54)65-3)25-40(55)66-4)49-70(58,59)44-31(47)16-14-29-41(27-9-5-6-10-28(27)46(56)57)30-15-17-32(48)45(71(60,61)62)43(30)69-42(29)44/h5-18,21,47,49H,19-20,22-25,48H2,1-4H3,(H,56,57)(H,60,61,62). The van der Waals surface area contributed by atoms with Crippen LogP contribution in [0.15, 0.2) is 105 Å². The maximum atomic E-state index is 14.7. The molecule has 23 nitrogen and oxygen atoms in total. The number of methoxy groups -OCH3 is 4. The van der Waals surface area contributed by atoms with Gasteiger partial charge in [0.1, 0.15) is 50.9 Å². The van der Waals surface area contributed by atoms with E-state index in [0.717, 1.165) is 26.4 Å². The lowest BCUT2D eigenvalue weighted by Gasteiger charge is -2.26. The number of nitrogens with two attached hydrogens (primary N) is 1. The maximum Gasteiger partial charge on any atom is 0.336 e. The number of carbonyl (C=O) groups excluding carboxylic acids is 4. The van der Waals surface area contributed by atoms with Gasteiger partial charge in [-0.2, -0.15) is 8.42 Å². The molecule has 0 bridgehead atoms. The van der Waals surface area contributed by atoms with Gasteiger partial charge in [-0.1, -0.05) is 30.3 Å². The molecule has 0 saturated carbocycles. The number of carboxylic acids is 1. The molecule has 0 saturated heterocycles. The number of esters is 4. The van der Waals surface area contributed by atoms with E-state index in [1.54, 1.807) is 24.3 Å². The fourth-order valence-corrected chi connectivity index (χ4v) is 9.38. The molecule has 0 amide bonds. The zero-order chi connectivity index (χ0) is 51.8. The summed E-state index contributed by atoms with van der Waals surface area (Å²) in [4.78, 5) is 63.1. The van der Waals surface area contributed by atoms with E-state index in [1.807, 2.05) is 0 Å². The number of anilines is 4. The van der Waals surface area contributed by atoms with Crippen molar-refractivity contribution >= 4 is 83.7 Å². The molecule has 6 N–H and O–H groups in total. The smallest absolute Gasteiger partial charge is 0.336 e. The Morgan fingerprint density at radius 3 is 1.76 bits per heavy atom. The zero-order valence-electron chi connectivity index (χ0n) is 38.1. The number of carbonyl (C=O) groups is 5. The van der Waals surface area contributed by atoms with Gasteiger partial charge in [-0.3, -0.25) is 33.9 Å². The number of benzene rings is 5. The minimum atomic E-state index is -5.21. The highest BCUT2D eigenvalue weighted by Gasteiger charge is 2.33. The van der Waals surface area contributed by atoms with Gasteiger partial charge in [0.2, 0.25) is 0 Å². The van der Waals surface area contributed by atoms with Crippen molar-refractivity contribution in [2.24, 2.45) is 0 Å². The molecule has 0 unspecified atom stereocenters. The molecule has 0 fully saturated rings. The highest BCUT2D eigenvalue weighted by Crippen LogP contribution is 2.46. The van der Waals surface area contributed by atoms with E-state index in [1.165, 1.54) is 78.6 Å². The molecule has 0 atom stereocenters. The molecule has 0 radical (unpaired) electrons. The number of hydrogen-bond donors (Lipinski definition) is 5. The van der Waals surface area contributed by atoms with Crippen LogP contribution in [0.25, 0.3) is 33.4 Å². The average molecular weight is 1020 g/mol. The van der Waals surface area contributed by atoms with Crippen LogP contribution < -0.4 is 35.1 Å². The van der Waals surface area contributed by atoms with Gasteiger partial charge in [-0.15, -0.1) is 0 Å². The minimum absolute atomic E-state index is 0.0149. The SMILES string of the molecule is COC(=O)CN(CC(=O)OC)c1ccccc1OCCOc1cc(NS(=O)(=O)c2c3oc4c(S(=O)(=O)O)c(N)ccc4c(-c4ccccc4C(=O)O)c-3ccc2=N)ccc1N(CC(=O)OC)CC(=O)OC. The van der Waals surface area contributed by atoms with Crippen molar-refractivity contribution < 1.29 is 83.3 Å². The molecule has 2 aliphatic rings. The molecular formula is C46H45N5O18S2. The van der Waals surface area contributed by atoms with Gasteiger partial charge in [0.25, 0.3) is 20.1 Å². The van der Waals surface area contributed by atoms with E-state index < -0.39 is 95.3 Å². The Kier molecular flexibility index (Phi) is 16.0. The molecule has 1 heterocycles. The third-order valence-electron chi connectivity index (χ3n) is 10.5. The van der Waals surface area contributed by atoms with Crippen molar-refractivity contribution in [2.45, 2.75) is 9.79 Å². The first-order valence-corrected chi connectivity index (χ1v) is 23.6. The largest absolute Gasteiger partial charge is 0.488 e. The van der Waals surface area contributed by atoms with Crippen LogP contribution in [0.5, 0.6) is 11.5 Å². The van der Waals surface area contributed by atoms with E-state index in [2.05, 4.69) is 4.72 Å². The summed E-state index contributed by atoms with van der Waals surface area (Å²) in [6, 6.07) is 20.5. The molecule has 4 aromatic carbocycles. The number of hydrogen-bond acceptors (Lipinski definition) is 20. The van der Waals surface area contributed by atoms with E-state index in [-0.39, 0.29) is 76.8 Å². The number of nitrogens with one attached hydrogen (secondary N) is 2. The molecule has 6 rings (SSSR count). The Balaban J connectivity index is 1.45. The lowest BCUT2D eigenvalue weighted by atomic mass is 9.90. The van der Waals surface area contributed by atoms with Crippen LogP contribution in [0.3, 0.4) is 0 Å². The zero-order valence-corrected chi connectivity index (χ0v) is 39.8. The van der Waals surface area contributed by atoms with Gasteiger partial charge in [-0.25, -0.2) is 13.2 Å². The van der Waals surface area contributed by atoms with Crippen molar-refractivity contribution in [3.05, 3.63) is 102 Å². The lowest BCUT2D eigenvalue weighted by molar-refractivity contribution is -0.141. The van der Waals surface area contributed by atoms with E-state index in [9.17, 15) is 50.5 Å². The number of para-hydroxylation sites is 2. The van der Waals surface area contributed by atoms with Gasteiger partial charge < -0.3 is 53.5 Å². The van der Waals surface area contributed by atoms with Crippen molar-refractivity contribution in [3.8, 4) is 33.9 Å². The fourth-order valence-electron chi connectivity index (χ4n) is 7.33. The summed E-state index contributed by atoms with van der Waals surface area (Å²) < 4.78 is 105. The van der Waals surface area contributed by atoms with Gasteiger partial charge in [0.15, 0.2) is 21.1 Å². The Hall–Kier alpha value is -8.42. The number of aromatic carboxylic acids is 1. The molecule has 374 valence electrons. The molecule has 1 aliphatic heterocycles. The second kappa shape index (κ2) is 21.9. The predicted octanol–water partition coefficient (Wildman–Crippen LogP) is 3.77. The summed E-state index contributed by atoms with van der Waals surface area (Å²) in [5.41, 5.74) is 4.57. The Morgan fingerprint density at radius 1 is 0.662 bits per heavy atom. The fraction of sp³-hybridized carbons (Fsp3) is 0.217. The number of ether oxygens (including phenoxy) is 6. The average Bonchev–Trinajstić information content (AvgIpc) is 3.33. The first-order valence-electron chi connectivity index (χ1n) is 20.7. The van der Waals surface area contributed by atoms with Crippen molar-refractivity contribution in [2.75, 3.05) is 88.1 Å². The highest BCUT2D eigenvalue weighted by atomic mass is 32.2. The van der Waals surface area contributed by atoms with E-state index in [0.29, 0.717) is 5.69 Å². The summed E-state index contributed by atoms with van der Waals surface area (Å²) >= 11 is 0. The molecule has 4 aromatic rings.